The minimum absolute atomic E-state index is 0.0108. The van der Waals surface area contributed by atoms with Gasteiger partial charge in [0.1, 0.15) is 0 Å². The molecule has 1 aromatic rings. The zero-order chi connectivity index (χ0) is 21.3. The van der Waals surface area contributed by atoms with Crippen LogP contribution in [0.3, 0.4) is 0 Å². The van der Waals surface area contributed by atoms with Gasteiger partial charge < -0.3 is 5.32 Å². The molecule has 2 fully saturated rings. The van der Waals surface area contributed by atoms with E-state index < -0.39 is 11.7 Å². The Morgan fingerprint density at radius 2 is 1.83 bits per heavy atom. The standard InChI is InChI=1S/C23H33F3N2O/c1-14(2)21(15(3)4)22(29)27-20-9-8-17-12-28(13-19(17)20)11-16-6-5-7-18(10-16)23(24,25)26/h5-7,10,14-15,17,19-21H,8-9,11-13H2,1-4H3,(H,27,29)/t17-,19+,20+/m0/s1. The summed E-state index contributed by atoms with van der Waals surface area (Å²) in [6.45, 7) is 10.6. The zero-order valence-electron chi connectivity index (χ0n) is 17.8. The van der Waals surface area contributed by atoms with Gasteiger partial charge in [-0.25, -0.2) is 0 Å². The molecular formula is C23H33F3N2O. The number of nitrogens with one attached hydrogen (secondary N) is 1. The van der Waals surface area contributed by atoms with Crippen LogP contribution in [0.15, 0.2) is 24.3 Å². The van der Waals surface area contributed by atoms with Crippen molar-refractivity contribution in [1.29, 1.82) is 0 Å². The Kier molecular flexibility index (Phi) is 6.61. The van der Waals surface area contributed by atoms with E-state index in [1.54, 1.807) is 6.07 Å². The van der Waals surface area contributed by atoms with Crippen LogP contribution < -0.4 is 5.32 Å². The summed E-state index contributed by atoms with van der Waals surface area (Å²) in [4.78, 5) is 15.1. The number of fused-ring (bicyclic) bond motifs is 1. The zero-order valence-corrected chi connectivity index (χ0v) is 17.8. The third-order valence-corrected chi connectivity index (χ3v) is 6.66. The molecule has 29 heavy (non-hydrogen) atoms. The molecule has 0 aromatic heterocycles. The Labute approximate surface area is 172 Å². The summed E-state index contributed by atoms with van der Waals surface area (Å²) in [6, 6.07) is 5.80. The highest BCUT2D eigenvalue weighted by atomic mass is 19.4. The second kappa shape index (κ2) is 8.66. The fourth-order valence-corrected chi connectivity index (χ4v) is 5.42. The Bertz CT molecular complexity index is 708. The third-order valence-electron chi connectivity index (χ3n) is 6.66. The molecule has 1 N–H and O–H groups in total. The highest BCUT2D eigenvalue weighted by Gasteiger charge is 2.43. The molecule has 1 saturated carbocycles. The van der Waals surface area contributed by atoms with E-state index >= 15 is 0 Å². The average molecular weight is 411 g/mol. The fourth-order valence-electron chi connectivity index (χ4n) is 5.42. The Morgan fingerprint density at radius 3 is 2.45 bits per heavy atom. The number of alkyl halides is 3. The normalized spacial score (nSPS) is 25.2. The number of benzene rings is 1. The van der Waals surface area contributed by atoms with Crippen molar-refractivity contribution < 1.29 is 18.0 Å². The van der Waals surface area contributed by atoms with Gasteiger partial charge in [0.15, 0.2) is 0 Å². The van der Waals surface area contributed by atoms with Crippen LogP contribution >= 0.6 is 0 Å². The van der Waals surface area contributed by atoms with Gasteiger partial charge in [-0.15, -0.1) is 0 Å². The predicted molar refractivity (Wildman–Crippen MR) is 108 cm³/mol. The molecule has 3 atom stereocenters. The van der Waals surface area contributed by atoms with Crippen molar-refractivity contribution in [2.24, 2.45) is 29.6 Å². The lowest BCUT2D eigenvalue weighted by molar-refractivity contribution is -0.137. The second-order valence-electron chi connectivity index (χ2n) is 9.52. The highest BCUT2D eigenvalue weighted by Crippen LogP contribution is 2.39. The molecule has 3 rings (SSSR count). The molecule has 6 heteroatoms. The molecule has 1 aliphatic heterocycles. The van der Waals surface area contributed by atoms with E-state index in [1.807, 2.05) is 0 Å². The van der Waals surface area contributed by atoms with E-state index in [9.17, 15) is 18.0 Å². The number of carbonyl (C=O) groups excluding carboxylic acids is 1. The van der Waals surface area contributed by atoms with Gasteiger partial charge in [-0.05, 0) is 48.1 Å². The van der Waals surface area contributed by atoms with E-state index in [4.69, 9.17) is 0 Å². The largest absolute Gasteiger partial charge is 0.416 e. The van der Waals surface area contributed by atoms with Crippen molar-refractivity contribution in [3.8, 4) is 0 Å². The van der Waals surface area contributed by atoms with Crippen LogP contribution in [0.5, 0.6) is 0 Å². The lowest BCUT2D eigenvalue weighted by atomic mass is 9.84. The highest BCUT2D eigenvalue weighted by molar-refractivity contribution is 5.79. The lowest BCUT2D eigenvalue weighted by Gasteiger charge is -2.28. The third kappa shape index (κ3) is 5.14. The number of amides is 1. The van der Waals surface area contributed by atoms with Gasteiger partial charge in [0.05, 0.1) is 5.56 Å². The first-order chi connectivity index (χ1) is 13.6. The van der Waals surface area contributed by atoms with E-state index in [0.29, 0.717) is 35.8 Å². The van der Waals surface area contributed by atoms with Gasteiger partial charge in [-0.3, -0.25) is 9.69 Å². The molecule has 3 nitrogen and oxygen atoms in total. The molecular weight excluding hydrogens is 377 g/mol. The van der Waals surface area contributed by atoms with Crippen molar-refractivity contribution in [3.63, 3.8) is 0 Å². The molecule has 2 aliphatic rings. The van der Waals surface area contributed by atoms with E-state index in [1.165, 1.54) is 12.1 Å². The van der Waals surface area contributed by atoms with Gasteiger partial charge in [0.25, 0.3) is 0 Å². The number of hydrogen-bond donors (Lipinski definition) is 1. The summed E-state index contributed by atoms with van der Waals surface area (Å²) in [6.07, 6.45) is -2.24. The van der Waals surface area contributed by atoms with Crippen molar-refractivity contribution in [3.05, 3.63) is 35.4 Å². The molecule has 0 unspecified atom stereocenters. The maximum absolute atomic E-state index is 13.0. The van der Waals surface area contributed by atoms with Gasteiger partial charge in [-0.1, -0.05) is 45.9 Å². The molecule has 1 aliphatic carbocycles. The summed E-state index contributed by atoms with van der Waals surface area (Å²) < 4.78 is 38.9. The fraction of sp³-hybridized carbons (Fsp3) is 0.696. The van der Waals surface area contributed by atoms with Crippen LogP contribution in [-0.4, -0.2) is 29.9 Å². The maximum atomic E-state index is 13.0. The quantitative estimate of drug-likeness (QED) is 0.719. The number of hydrogen-bond acceptors (Lipinski definition) is 2. The number of likely N-dealkylation sites (tertiary alicyclic amines) is 1. The van der Waals surface area contributed by atoms with Gasteiger partial charge in [0.2, 0.25) is 5.91 Å². The minimum atomic E-state index is -4.31. The van der Waals surface area contributed by atoms with Crippen molar-refractivity contribution in [2.45, 2.75) is 59.3 Å². The number of halogens is 3. The summed E-state index contributed by atoms with van der Waals surface area (Å²) >= 11 is 0. The van der Waals surface area contributed by atoms with Crippen molar-refractivity contribution in [2.75, 3.05) is 13.1 Å². The van der Waals surface area contributed by atoms with Crippen LogP contribution in [0, 0.1) is 29.6 Å². The van der Waals surface area contributed by atoms with E-state index in [2.05, 4.69) is 37.9 Å². The SMILES string of the molecule is CC(C)C(C(=O)N[C@@H]1CC[C@H]2CN(Cc3cccc(C(F)(F)F)c3)C[C@H]21)C(C)C. The summed E-state index contributed by atoms with van der Waals surface area (Å²) in [5.41, 5.74) is 0.105. The van der Waals surface area contributed by atoms with Gasteiger partial charge in [0, 0.05) is 31.6 Å². The number of nitrogens with zero attached hydrogens (tertiary/aromatic N) is 1. The molecule has 1 heterocycles. The molecule has 1 amide bonds. The van der Waals surface area contributed by atoms with Gasteiger partial charge >= 0.3 is 6.18 Å². The Hall–Kier alpha value is -1.56. The molecule has 162 valence electrons. The van der Waals surface area contributed by atoms with Gasteiger partial charge in [-0.2, -0.15) is 13.2 Å². The first-order valence-electron chi connectivity index (χ1n) is 10.7. The summed E-state index contributed by atoms with van der Waals surface area (Å²) in [7, 11) is 0. The van der Waals surface area contributed by atoms with Crippen LogP contribution in [-0.2, 0) is 17.5 Å². The van der Waals surface area contributed by atoms with Crippen LogP contribution in [0.4, 0.5) is 13.2 Å². The Balaban J connectivity index is 1.61. The minimum Gasteiger partial charge on any atom is -0.353 e. The average Bonchev–Trinajstić information content (AvgIpc) is 3.15. The van der Waals surface area contributed by atoms with Crippen molar-refractivity contribution >= 4 is 5.91 Å². The first-order valence-corrected chi connectivity index (χ1v) is 10.7. The number of carbonyl (C=O) groups is 1. The molecule has 0 bridgehead atoms. The number of rotatable bonds is 6. The molecule has 1 aromatic carbocycles. The second-order valence-corrected chi connectivity index (χ2v) is 9.52. The molecule has 0 radical (unpaired) electrons. The smallest absolute Gasteiger partial charge is 0.353 e. The van der Waals surface area contributed by atoms with Crippen LogP contribution in [0.2, 0.25) is 0 Å². The molecule has 0 spiro atoms. The topological polar surface area (TPSA) is 32.3 Å². The van der Waals surface area contributed by atoms with Crippen molar-refractivity contribution in [1.82, 2.24) is 10.2 Å². The predicted octanol–water partition coefficient (Wildman–Crippen LogP) is 4.96. The monoisotopic (exact) mass is 410 g/mol. The first kappa shape index (κ1) is 22.1. The van der Waals surface area contributed by atoms with Crippen LogP contribution in [0.25, 0.3) is 0 Å². The van der Waals surface area contributed by atoms with E-state index in [-0.39, 0.29) is 17.9 Å². The lowest BCUT2D eigenvalue weighted by Crippen LogP contribution is -2.45. The Morgan fingerprint density at radius 1 is 1.14 bits per heavy atom. The maximum Gasteiger partial charge on any atom is 0.416 e. The van der Waals surface area contributed by atoms with E-state index in [0.717, 1.165) is 32.0 Å². The molecule has 1 saturated heterocycles. The van der Waals surface area contributed by atoms with Crippen LogP contribution in [0.1, 0.15) is 51.7 Å². The summed E-state index contributed by atoms with van der Waals surface area (Å²) in [5.74, 6) is 1.67. The summed E-state index contributed by atoms with van der Waals surface area (Å²) in [5, 5.41) is 3.31.